The molecule has 0 bridgehead atoms. The van der Waals surface area contributed by atoms with Crippen LogP contribution in [-0.2, 0) is 19.1 Å². The molecule has 35 heavy (non-hydrogen) atoms. The lowest BCUT2D eigenvalue weighted by Gasteiger charge is -2.29. The van der Waals surface area contributed by atoms with Crippen LogP contribution in [0.4, 0.5) is 4.79 Å². The first-order valence-electron chi connectivity index (χ1n) is 12.1. The molecule has 186 valence electrons. The van der Waals surface area contributed by atoms with Gasteiger partial charge in [-0.25, -0.2) is 4.79 Å². The topological polar surface area (TPSA) is 114 Å². The van der Waals surface area contributed by atoms with Crippen molar-refractivity contribution in [3.05, 3.63) is 59.7 Å². The van der Waals surface area contributed by atoms with E-state index in [4.69, 9.17) is 14.6 Å². The molecule has 2 aliphatic carbocycles. The van der Waals surface area contributed by atoms with Gasteiger partial charge in [-0.2, -0.15) is 0 Å². The molecule has 0 saturated heterocycles. The third-order valence-corrected chi connectivity index (χ3v) is 6.95. The van der Waals surface area contributed by atoms with Crippen LogP contribution in [0.25, 0.3) is 11.1 Å². The highest BCUT2D eigenvalue weighted by atomic mass is 16.5. The molecular weight excluding hydrogens is 448 g/mol. The van der Waals surface area contributed by atoms with Gasteiger partial charge in [0, 0.05) is 31.5 Å². The zero-order valence-electron chi connectivity index (χ0n) is 19.9. The zero-order valence-corrected chi connectivity index (χ0v) is 19.9. The maximum Gasteiger partial charge on any atom is 0.407 e. The molecule has 2 amide bonds. The Morgan fingerprint density at radius 2 is 1.69 bits per heavy atom. The maximum absolute atomic E-state index is 12.6. The summed E-state index contributed by atoms with van der Waals surface area (Å²) in [5.41, 5.74) is 4.68. The van der Waals surface area contributed by atoms with Crippen molar-refractivity contribution in [2.45, 2.75) is 50.2 Å². The summed E-state index contributed by atoms with van der Waals surface area (Å²) in [4.78, 5) is 36.1. The monoisotopic (exact) mass is 480 g/mol. The van der Waals surface area contributed by atoms with E-state index in [0.29, 0.717) is 6.42 Å². The maximum atomic E-state index is 12.6. The highest BCUT2D eigenvalue weighted by Crippen LogP contribution is 2.44. The molecule has 0 radical (unpaired) electrons. The third kappa shape index (κ3) is 6.00. The van der Waals surface area contributed by atoms with Crippen LogP contribution in [0.1, 0.15) is 49.1 Å². The van der Waals surface area contributed by atoms with Gasteiger partial charge >= 0.3 is 12.1 Å². The first-order chi connectivity index (χ1) is 17.0. The van der Waals surface area contributed by atoms with Crippen LogP contribution in [0.3, 0.4) is 0 Å². The standard InChI is InChI=1S/C27H32N2O6/c1-34-19(14-25(30)31)15-28-26(32)17-7-6-8-18(13-17)29-27(33)35-16-24-22-11-4-2-9-20(22)21-10-3-5-12-23(21)24/h2-5,9-12,17-19,24H,6-8,13-16H2,1H3,(H,28,32)(H,29,33)(H,30,31)/t17-,18+,19?/m0/s1. The largest absolute Gasteiger partial charge is 0.481 e. The van der Waals surface area contributed by atoms with Crippen LogP contribution in [0.5, 0.6) is 0 Å². The van der Waals surface area contributed by atoms with Crippen molar-refractivity contribution in [3.8, 4) is 11.1 Å². The summed E-state index contributed by atoms with van der Waals surface area (Å²) in [6.45, 7) is 0.390. The van der Waals surface area contributed by atoms with Gasteiger partial charge in [0.05, 0.1) is 12.5 Å². The first-order valence-corrected chi connectivity index (χ1v) is 12.1. The number of alkyl carbamates (subject to hydrolysis) is 1. The number of carboxylic acids is 1. The molecule has 2 aromatic carbocycles. The number of hydrogen-bond donors (Lipinski definition) is 3. The molecular formula is C27H32N2O6. The fraction of sp³-hybridized carbons (Fsp3) is 0.444. The average molecular weight is 481 g/mol. The van der Waals surface area contributed by atoms with Crippen molar-refractivity contribution in [1.29, 1.82) is 0 Å². The summed E-state index contributed by atoms with van der Waals surface area (Å²) in [5, 5.41) is 14.6. The van der Waals surface area contributed by atoms with E-state index in [9.17, 15) is 14.4 Å². The SMILES string of the molecule is COC(CNC(=O)[C@H]1CCC[C@@H](NC(=O)OCC2c3ccccc3-c3ccccc32)C1)CC(=O)O. The second-order valence-electron chi connectivity index (χ2n) is 9.23. The van der Waals surface area contributed by atoms with Crippen LogP contribution in [0.2, 0.25) is 0 Å². The van der Waals surface area contributed by atoms with E-state index in [1.807, 2.05) is 24.3 Å². The van der Waals surface area contributed by atoms with Crippen LogP contribution < -0.4 is 10.6 Å². The number of aliphatic carboxylic acids is 1. The fourth-order valence-corrected chi connectivity index (χ4v) is 5.16. The number of rotatable bonds is 9. The number of hydrogen-bond acceptors (Lipinski definition) is 5. The quantitative estimate of drug-likeness (QED) is 0.504. The summed E-state index contributed by atoms with van der Waals surface area (Å²) >= 11 is 0. The van der Waals surface area contributed by atoms with Crippen molar-refractivity contribution < 1.29 is 29.0 Å². The normalized spacial score (nSPS) is 19.8. The number of ether oxygens (including phenoxy) is 2. The molecule has 8 heteroatoms. The van der Waals surface area contributed by atoms with E-state index >= 15 is 0 Å². The Hall–Kier alpha value is -3.39. The van der Waals surface area contributed by atoms with Crippen molar-refractivity contribution in [3.63, 3.8) is 0 Å². The van der Waals surface area contributed by atoms with Gasteiger partial charge in [0.15, 0.2) is 0 Å². The summed E-state index contributed by atoms with van der Waals surface area (Å²) in [5.74, 6) is -1.37. The van der Waals surface area contributed by atoms with Gasteiger partial charge in [0.1, 0.15) is 6.61 Å². The summed E-state index contributed by atoms with van der Waals surface area (Å²) < 4.78 is 10.8. The molecule has 1 saturated carbocycles. The summed E-state index contributed by atoms with van der Waals surface area (Å²) in [6.07, 6.45) is 1.63. The molecule has 3 atom stereocenters. The molecule has 0 aromatic heterocycles. The molecule has 1 fully saturated rings. The summed E-state index contributed by atoms with van der Waals surface area (Å²) in [6, 6.07) is 16.2. The van der Waals surface area contributed by atoms with Crippen molar-refractivity contribution in [2.24, 2.45) is 5.92 Å². The van der Waals surface area contributed by atoms with Gasteiger partial charge in [-0.05, 0) is 41.5 Å². The fourth-order valence-electron chi connectivity index (χ4n) is 5.16. The Morgan fingerprint density at radius 1 is 1.03 bits per heavy atom. The Morgan fingerprint density at radius 3 is 2.31 bits per heavy atom. The molecule has 2 aromatic rings. The second-order valence-corrected chi connectivity index (χ2v) is 9.23. The minimum absolute atomic E-state index is 0.00225. The molecule has 0 heterocycles. The Bertz CT molecular complexity index is 1030. The van der Waals surface area contributed by atoms with E-state index < -0.39 is 18.2 Å². The number of fused-ring (bicyclic) bond motifs is 3. The van der Waals surface area contributed by atoms with Crippen LogP contribution in [0.15, 0.2) is 48.5 Å². The van der Waals surface area contributed by atoms with E-state index in [1.54, 1.807) is 0 Å². The van der Waals surface area contributed by atoms with Gasteiger partial charge in [0.25, 0.3) is 0 Å². The highest BCUT2D eigenvalue weighted by Gasteiger charge is 2.31. The van der Waals surface area contributed by atoms with Gasteiger partial charge in [-0.1, -0.05) is 55.0 Å². The second kappa shape index (κ2) is 11.4. The number of nitrogens with one attached hydrogen (secondary N) is 2. The predicted octanol–water partition coefficient (Wildman–Crippen LogP) is 3.69. The van der Waals surface area contributed by atoms with Crippen LogP contribution in [0, 0.1) is 5.92 Å². The van der Waals surface area contributed by atoms with E-state index in [-0.39, 0.29) is 43.4 Å². The first kappa shape index (κ1) is 24.7. The molecule has 0 spiro atoms. The van der Waals surface area contributed by atoms with E-state index in [2.05, 4.69) is 34.9 Å². The van der Waals surface area contributed by atoms with Crippen LogP contribution in [-0.4, -0.2) is 55.5 Å². The predicted molar refractivity (Wildman–Crippen MR) is 130 cm³/mol. The van der Waals surface area contributed by atoms with Crippen molar-refractivity contribution in [2.75, 3.05) is 20.3 Å². The van der Waals surface area contributed by atoms with Gasteiger partial charge in [-0.15, -0.1) is 0 Å². The number of carbonyl (C=O) groups is 3. The van der Waals surface area contributed by atoms with Gasteiger partial charge in [-0.3, -0.25) is 9.59 Å². The molecule has 2 aliphatic rings. The Kier molecular flexibility index (Phi) is 8.02. The molecule has 1 unspecified atom stereocenters. The minimum atomic E-state index is -0.976. The number of carboxylic acid groups (broad SMARTS) is 1. The number of amides is 2. The van der Waals surface area contributed by atoms with Crippen molar-refractivity contribution in [1.82, 2.24) is 10.6 Å². The highest BCUT2D eigenvalue weighted by molar-refractivity contribution is 5.80. The minimum Gasteiger partial charge on any atom is -0.481 e. The van der Waals surface area contributed by atoms with Crippen LogP contribution >= 0.6 is 0 Å². The Balaban J connectivity index is 1.27. The van der Waals surface area contributed by atoms with E-state index in [1.165, 1.54) is 18.2 Å². The van der Waals surface area contributed by atoms with Gasteiger partial charge in [0.2, 0.25) is 5.91 Å². The molecule has 8 nitrogen and oxygen atoms in total. The van der Waals surface area contributed by atoms with E-state index in [0.717, 1.165) is 30.4 Å². The van der Waals surface area contributed by atoms with Crippen molar-refractivity contribution >= 4 is 18.0 Å². The summed E-state index contributed by atoms with van der Waals surface area (Å²) in [7, 11) is 1.43. The Labute approximate surface area is 205 Å². The molecule has 4 rings (SSSR count). The average Bonchev–Trinajstić information content (AvgIpc) is 3.18. The smallest absolute Gasteiger partial charge is 0.407 e. The van der Waals surface area contributed by atoms with Gasteiger partial charge < -0.3 is 25.2 Å². The lowest BCUT2D eigenvalue weighted by Crippen LogP contribution is -2.44. The molecule has 3 N–H and O–H groups in total. The zero-order chi connectivity index (χ0) is 24.8. The lowest BCUT2D eigenvalue weighted by molar-refractivity contribution is -0.140. The lowest BCUT2D eigenvalue weighted by atomic mass is 9.85. The molecule has 0 aliphatic heterocycles. The number of carbonyl (C=O) groups excluding carboxylic acids is 2. The number of benzene rings is 2. The third-order valence-electron chi connectivity index (χ3n) is 6.95. The number of methoxy groups -OCH3 is 1.